The lowest BCUT2D eigenvalue weighted by atomic mass is 10.2. The minimum absolute atomic E-state index is 0.473. The van der Waals surface area contributed by atoms with E-state index in [9.17, 15) is 18.0 Å². The predicted molar refractivity (Wildman–Crippen MR) is 37.3 cm³/mol. The molecular formula is C6H3ClF3NO. The fourth-order valence-electron chi connectivity index (χ4n) is 0.644. The Labute approximate surface area is 70.7 Å². The van der Waals surface area contributed by atoms with Gasteiger partial charge in [0.05, 0.1) is 5.57 Å². The number of hydrogen-bond donors (Lipinski definition) is 0. The summed E-state index contributed by atoms with van der Waals surface area (Å²) in [6.45, 7) is 0. The van der Waals surface area contributed by atoms with Gasteiger partial charge >= 0.3 is 6.18 Å². The Balaban J connectivity index is 2.91. The van der Waals surface area contributed by atoms with E-state index in [4.69, 9.17) is 11.6 Å². The molecule has 1 heterocycles. The van der Waals surface area contributed by atoms with Crippen LogP contribution in [0.1, 0.15) is 0 Å². The molecule has 1 rings (SSSR count). The second-order valence-electron chi connectivity index (χ2n) is 2.12. The number of carbonyl (C=O) groups is 1. The van der Waals surface area contributed by atoms with Gasteiger partial charge in [0.1, 0.15) is 5.38 Å². The molecule has 66 valence electrons. The standard InChI is InChI=1S/C6H3ClF3NO/c7-4-1-3(6(8,9)10)2-11-5(4)12/h1-2,4H/t4-/m1/s1. The minimum Gasteiger partial charge on any atom is -0.271 e. The van der Waals surface area contributed by atoms with Crippen LogP contribution in [0.4, 0.5) is 13.2 Å². The minimum atomic E-state index is -4.49. The first kappa shape index (κ1) is 9.25. The van der Waals surface area contributed by atoms with Crippen LogP contribution in [-0.2, 0) is 4.79 Å². The van der Waals surface area contributed by atoms with Crippen molar-refractivity contribution in [3.05, 3.63) is 11.6 Å². The summed E-state index contributed by atoms with van der Waals surface area (Å²) >= 11 is 5.23. The molecule has 0 saturated heterocycles. The summed E-state index contributed by atoms with van der Waals surface area (Å²) in [5.74, 6) is -0.773. The first-order valence-corrected chi connectivity index (χ1v) is 3.36. The number of hydrogen-bond acceptors (Lipinski definition) is 1. The summed E-state index contributed by atoms with van der Waals surface area (Å²) in [6.07, 6.45) is -3.38. The number of nitrogens with zero attached hydrogens (tertiary/aromatic N) is 1. The van der Waals surface area contributed by atoms with Gasteiger partial charge in [-0.3, -0.25) is 4.79 Å². The van der Waals surface area contributed by atoms with Crippen LogP contribution in [0.5, 0.6) is 0 Å². The molecule has 0 aromatic heterocycles. The third-order valence-corrected chi connectivity index (χ3v) is 1.53. The molecule has 0 aromatic rings. The van der Waals surface area contributed by atoms with Crippen LogP contribution in [0.3, 0.4) is 0 Å². The molecule has 0 saturated carbocycles. The van der Waals surface area contributed by atoms with Gasteiger partial charge in [0.15, 0.2) is 0 Å². The average molecular weight is 198 g/mol. The van der Waals surface area contributed by atoms with Gasteiger partial charge in [-0.25, -0.2) is 4.99 Å². The summed E-state index contributed by atoms with van der Waals surface area (Å²) in [5.41, 5.74) is -0.984. The van der Waals surface area contributed by atoms with Crippen LogP contribution in [0.2, 0.25) is 0 Å². The highest BCUT2D eigenvalue weighted by molar-refractivity contribution is 6.33. The zero-order valence-electron chi connectivity index (χ0n) is 5.60. The predicted octanol–water partition coefficient (Wildman–Crippen LogP) is 1.69. The zero-order chi connectivity index (χ0) is 9.35. The molecule has 12 heavy (non-hydrogen) atoms. The zero-order valence-corrected chi connectivity index (χ0v) is 6.36. The Hall–Kier alpha value is -0.840. The molecule has 6 heteroatoms. The fourth-order valence-corrected chi connectivity index (χ4v) is 0.836. The molecular weight excluding hydrogens is 195 g/mol. The van der Waals surface area contributed by atoms with Crippen molar-refractivity contribution in [2.24, 2.45) is 4.99 Å². The summed E-state index contributed by atoms with van der Waals surface area (Å²) < 4.78 is 35.7. The molecule has 1 aliphatic heterocycles. The van der Waals surface area contributed by atoms with Gasteiger partial charge in [0.2, 0.25) is 0 Å². The van der Waals surface area contributed by atoms with Crippen LogP contribution in [-0.4, -0.2) is 23.7 Å². The molecule has 0 bridgehead atoms. The van der Waals surface area contributed by atoms with E-state index in [1.807, 2.05) is 0 Å². The van der Waals surface area contributed by atoms with Crippen molar-refractivity contribution in [3.8, 4) is 0 Å². The van der Waals surface area contributed by atoms with Gasteiger partial charge in [0, 0.05) is 6.21 Å². The molecule has 0 unspecified atom stereocenters. The normalized spacial score (nSPS) is 24.2. The van der Waals surface area contributed by atoms with E-state index in [1.165, 1.54) is 0 Å². The number of carbonyl (C=O) groups excluding carboxylic acids is 1. The maximum absolute atomic E-state index is 11.9. The third-order valence-electron chi connectivity index (χ3n) is 1.22. The monoisotopic (exact) mass is 197 g/mol. The SMILES string of the molecule is O=C1N=CC(C(F)(F)F)=C[C@H]1Cl. The second-order valence-corrected chi connectivity index (χ2v) is 2.59. The van der Waals surface area contributed by atoms with Crippen LogP contribution < -0.4 is 0 Å². The molecule has 0 aromatic carbocycles. The largest absolute Gasteiger partial charge is 0.417 e. The van der Waals surface area contributed by atoms with E-state index < -0.39 is 23.0 Å². The van der Waals surface area contributed by atoms with Crippen LogP contribution in [0, 0.1) is 0 Å². The number of dihydropyridines is 1. The molecule has 0 aliphatic carbocycles. The summed E-state index contributed by atoms with van der Waals surface area (Å²) in [7, 11) is 0. The number of aliphatic imine (C=N–C) groups is 1. The van der Waals surface area contributed by atoms with E-state index in [0.29, 0.717) is 12.3 Å². The lowest BCUT2D eigenvalue weighted by molar-refractivity contribution is -0.117. The van der Waals surface area contributed by atoms with Gasteiger partial charge in [0.25, 0.3) is 5.91 Å². The maximum Gasteiger partial charge on any atom is 0.417 e. The first-order valence-electron chi connectivity index (χ1n) is 2.92. The van der Waals surface area contributed by atoms with E-state index in [-0.39, 0.29) is 0 Å². The van der Waals surface area contributed by atoms with Crippen molar-refractivity contribution in [1.29, 1.82) is 0 Å². The van der Waals surface area contributed by atoms with Gasteiger partial charge in [-0.1, -0.05) is 0 Å². The number of halogens is 4. The highest BCUT2D eigenvalue weighted by atomic mass is 35.5. The first-order chi connectivity index (χ1) is 5.41. The third kappa shape index (κ3) is 1.85. The van der Waals surface area contributed by atoms with Gasteiger partial charge < -0.3 is 0 Å². The van der Waals surface area contributed by atoms with Crippen molar-refractivity contribution in [2.45, 2.75) is 11.6 Å². The lowest BCUT2D eigenvalue weighted by Gasteiger charge is -2.11. The van der Waals surface area contributed by atoms with E-state index in [1.54, 1.807) is 0 Å². The Morgan fingerprint density at radius 3 is 2.50 bits per heavy atom. The Morgan fingerprint density at radius 2 is 2.08 bits per heavy atom. The summed E-state index contributed by atoms with van der Waals surface area (Å²) in [4.78, 5) is 13.5. The smallest absolute Gasteiger partial charge is 0.271 e. The van der Waals surface area contributed by atoms with Crippen molar-refractivity contribution in [2.75, 3.05) is 0 Å². The van der Waals surface area contributed by atoms with Crippen molar-refractivity contribution in [3.63, 3.8) is 0 Å². The van der Waals surface area contributed by atoms with Crippen molar-refractivity contribution in [1.82, 2.24) is 0 Å². The van der Waals surface area contributed by atoms with E-state index in [0.717, 1.165) is 0 Å². The van der Waals surface area contributed by atoms with Gasteiger partial charge in [-0.05, 0) is 6.08 Å². The number of amides is 1. The van der Waals surface area contributed by atoms with Gasteiger partial charge in [-0.2, -0.15) is 13.2 Å². The Kier molecular flexibility index (Phi) is 2.23. The summed E-state index contributed by atoms with van der Waals surface area (Å²) in [6, 6.07) is 0. The van der Waals surface area contributed by atoms with Crippen LogP contribution >= 0.6 is 11.6 Å². The number of rotatable bonds is 0. The molecule has 1 aliphatic rings. The highest BCUT2D eigenvalue weighted by Crippen LogP contribution is 2.27. The molecule has 0 spiro atoms. The Bertz CT molecular complexity index is 268. The summed E-state index contributed by atoms with van der Waals surface area (Å²) in [5, 5.41) is -1.30. The van der Waals surface area contributed by atoms with E-state index in [2.05, 4.69) is 4.99 Å². The molecule has 0 fully saturated rings. The Morgan fingerprint density at radius 1 is 1.50 bits per heavy atom. The topological polar surface area (TPSA) is 29.4 Å². The molecule has 1 atom stereocenters. The van der Waals surface area contributed by atoms with Crippen molar-refractivity contribution >= 4 is 23.7 Å². The molecule has 0 N–H and O–H groups in total. The van der Waals surface area contributed by atoms with E-state index >= 15 is 0 Å². The van der Waals surface area contributed by atoms with Crippen LogP contribution in [0.25, 0.3) is 0 Å². The molecule has 1 amide bonds. The fraction of sp³-hybridized carbons (Fsp3) is 0.333. The number of allylic oxidation sites excluding steroid dienone is 1. The molecule has 0 radical (unpaired) electrons. The highest BCUT2D eigenvalue weighted by Gasteiger charge is 2.35. The number of alkyl halides is 4. The lowest BCUT2D eigenvalue weighted by Crippen LogP contribution is -2.22. The van der Waals surface area contributed by atoms with Crippen LogP contribution in [0.15, 0.2) is 16.6 Å². The maximum atomic E-state index is 11.9. The van der Waals surface area contributed by atoms with Gasteiger partial charge in [-0.15, -0.1) is 11.6 Å². The average Bonchev–Trinajstić information content (AvgIpc) is 1.92. The second kappa shape index (κ2) is 2.90. The quantitative estimate of drug-likeness (QED) is 0.544. The molecule has 2 nitrogen and oxygen atoms in total. The van der Waals surface area contributed by atoms with Crippen molar-refractivity contribution < 1.29 is 18.0 Å².